The molecule has 0 aliphatic carbocycles. The Labute approximate surface area is 132 Å². The first-order valence-electron chi connectivity index (χ1n) is 6.76. The van der Waals surface area contributed by atoms with Crippen molar-refractivity contribution in [2.75, 3.05) is 5.75 Å². The van der Waals surface area contributed by atoms with E-state index >= 15 is 0 Å². The SMILES string of the molecule is Oc1cc(F)cc(CNC2CCSc3ccc(Cl)cc32)c1. The van der Waals surface area contributed by atoms with Crippen LogP contribution >= 0.6 is 23.4 Å². The minimum atomic E-state index is -0.422. The zero-order valence-corrected chi connectivity index (χ0v) is 12.8. The maximum absolute atomic E-state index is 13.3. The fourth-order valence-electron chi connectivity index (χ4n) is 2.55. The molecule has 2 aromatic rings. The van der Waals surface area contributed by atoms with Crippen molar-refractivity contribution in [1.29, 1.82) is 0 Å². The summed E-state index contributed by atoms with van der Waals surface area (Å²) in [6.07, 6.45) is 0.999. The quantitative estimate of drug-likeness (QED) is 0.871. The second-order valence-electron chi connectivity index (χ2n) is 5.07. The Morgan fingerprint density at radius 3 is 2.95 bits per heavy atom. The number of rotatable bonds is 3. The molecule has 1 heterocycles. The van der Waals surface area contributed by atoms with Crippen molar-refractivity contribution in [1.82, 2.24) is 5.32 Å². The van der Waals surface area contributed by atoms with Gasteiger partial charge in [0.15, 0.2) is 0 Å². The van der Waals surface area contributed by atoms with E-state index in [4.69, 9.17) is 11.6 Å². The van der Waals surface area contributed by atoms with Gasteiger partial charge in [-0.25, -0.2) is 4.39 Å². The summed E-state index contributed by atoms with van der Waals surface area (Å²) >= 11 is 7.91. The highest BCUT2D eigenvalue weighted by molar-refractivity contribution is 7.99. The molecule has 2 nitrogen and oxygen atoms in total. The van der Waals surface area contributed by atoms with E-state index in [1.54, 1.807) is 6.07 Å². The minimum Gasteiger partial charge on any atom is -0.508 e. The molecule has 0 fully saturated rings. The van der Waals surface area contributed by atoms with Gasteiger partial charge in [-0.1, -0.05) is 11.6 Å². The van der Waals surface area contributed by atoms with Crippen molar-refractivity contribution in [2.24, 2.45) is 0 Å². The van der Waals surface area contributed by atoms with Crippen LogP contribution in [-0.2, 0) is 6.54 Å². The van der Waals surface area contributed by atoms with Crippen LogP contribution in [0.5, 0.6) is 5.75 Å². The lowest BCUT2D eigenvalue weighted by molar-refractivity contribution is 0.464. The molecule has 0 amide bonds. The first kappa shape index (κ1) is 14.7. The van der Waals surface area contributed by atoms with Crippen LogP contribution in [0.4, 0.5) is 4.39 Å². The molecule has 3 rings (SSSR count). The molecule has 1 atom stereocenters. The van der Waals surface area contributed by atoms with Gasteiger partial charge in [-0.15, -0.1) is 11.8 Å². The largest absolute Gasteiger partial charge is 0.508 e. The van der Waals surface area contributed by atoms with Crippen molar-refractivity contribution in [3.63, 3.8) is 0 Å². The molecule has 0 bridgehead atoms. The van der Waals surface area contributed by atoms with E-state index in [-0.39, 0.29) is 11.8 Å². The lowest BCUT2D eigenvalue weighted by Crippen LogP contribution is -2.24. The first-order chi connectivity index (χ1) is 10.1. The predicted octanol–water partition coefficient (Wildman–Crippen LogP) is 4.51. The molecule has 2 aromatic carbocycles. The summed E-state index contributed by atoms with van der Waals surface area (Å²) < 4.78 is 13.3. The fraction of sp³-hybridized carbons (Fsp3) is 0.250. The molecule has 0 spiro atoms. The van der Waals surface area contributed by atoms with Gasteiger partial charge in [-0.3, -0.25) is 0 Å². The summed E-state index contributed by atoms with van der Waals surface area (Å²) in [5.41, 5.74) is 1.92. The van der Waals surface area contributed by atoms with Gasteiger partial charge in [0, 0.05) is 28.6 Å². The molecule has 1 aliphatic rings. The van der Waals surface area contributed by atoms with Crippen molar-refractivity contribution in [3.8, 4) is 5.75 Å². The van der Waals surface area contributed by atoms with E-state index in [0.29, 0.717) is 6.54 Å². The molecule has 1 unspecified atom stereocenters. The minimum absolute atomic E-state index is 0.0468. The number of halogens is 2. The average molecular weight is 324 g/mol. The Morgan fingerprint density at radius 2 is 2.14 bits per heavy atom. The monoisotopic (exact) mass is 323 g/mol. The van der Waals surface area contributed by atoms with E-state index < -0.39 is 5.82 Å². The van der Waals surface area contributed by atoms with Crippen LogP contribution in [0.2, 0.25) is 5.02 Å². The summed E-state index contributed by atoms with van der Waals surface area (Å²) in [6, 6.07) is 10.3. The fourth-order valence-corrected chi connectivity index (χ4v) is 3.84. The topological polar surface area (TPSA) is 32.3 Å². The third kappa shape index (κ3) is 3.51. The third-order valence-corrected chi connectivity index (χ3v) is 4.86. The lowest BCUT2D eigenvalue weighted by Gasteiger charge is -2.26. The van der Waals surface area contributed by atoms with Crippen molar-refractivity contribution in [3.05, 3.63) is 58.4 Å². The predicted molar refractivity (Wildman–Crippen MR) is 84.4 cm³/mol. The van der Waals surface area contributed by atoms with Crippen LogP contribution in [0, 0.1) is 5.82 Å². The number of aromatic hydroxyl groups is 1. The standard InChI is InChI=1S/C16H15ClFNOS/c17-11-1-2-16-14(7-11)15(3-4-21-16)19-9-10-5-12(18)8-13(20)6-10/h1-2,5-8,15,19-20H,3-4,9H2. The zero-order valence-electron chi connectivity index (χ0n) is 11.3. The Balaban J connectivity index is 1.76. The van der Waals surface area contributed by atoms with E-state index in [1.807, 2.05) is 30.0 Å². The summed E-state index contributed by atoms with van der Waals surface area (Å²) in [5, 5.41) is 13.6. The molecule has 2 N–H and O–H groups in total. The van der Waals surface area contributed by atoms with Gasteiger partial charge in [-0.05, 0) is 53.6 Å². The summed E-state index contributed by atoms with van der Waals surface area (Å²) in [5.74, 6) is 0.574. The van der Waals surface area contributed by atoms with E-state index in [2.05, 4.69) is 5.32 Å². The van der Waals surface area contributed by atoms with Crippen LogP contribution in [0.1, 0.15) is 23.6 Å². The average Bonchev–Trinajstić information content (AvgIpc) is 2.44. The highest BCUT2D eigenvalue weighted by Crippen LogP contribution is 2.37. The number of nitrogens with one attached hydrogen (secondary N) is 1. The van der Waals surface area contributed by atoms with Crippen LogP contribution in [0.15, 0.2) is 41.3 Å². The number of phenolic OH excluding ortho intramolecular Hbond substituents is 1. The van der Waals surface area contributed by atoms with Gasteiger partial charge in [0.25, 0.3) is 0 Å². The van der Waals surface area contributed by atoms with Crippen LogP contribution < -0.4 is 5.32 Å². The first-order valence-corrected chi connectivity index (χ1v) is 8.12. The van der Waals surface area contributed by atoms with Crippen LogP contribution in [0.3, 0.4) is 0 Å². The normalized spacial score (nSPS) is 17.5. The Morgan fingerprint density at radius 1 is 1.29 bits per heavy atom. The van der Waals surface area contributed by atoms with Crippen molar-refractivity contribution < 1.29 is 9.50 Å². The molecular weight excluding hydrogens is 309 g/mol. The van der Waals surface area contributed by atoms with Crippen LogP contribution in [0.25, 0.3) is 0 Å². The summed E-state index contributed by atoms with van der Waals surface area (Å²) in [4.78, 5) is 1.24. The van der Waals surface area contributed by atoms with Gasteiger partial charge >= 0.3 is 0 Å². The highest BCUT2D eigenvalue weighted by atomic mass is 35.5. The van der Waals surface area contributed by atoms with Gasteiger partial charge < -0.3 is 10.4 Å². The number of benzene rings is 2. The number of hydrogen-bond donors (Lipinski definition) is 2. The molecule has 110 valence electrons. The maximum Gasteiger partial charge on any atom is 0.127 e. The summed E-state index contributed by atoms with van der Waals surface area (Å²) in [6.45, 7) is 0.507. The molecule has 5 heteroatoms. The lowest BCUT2D eigenvalue weighted by atomic mass is 10.0. The van der Waals surface area contributed by atoms with Gasteiger partial charge in [0.05, 0.1) is 0 Å². The summed E-state index contributed by atoms with van der Waals surface area (Å²) in [7, 11) is 0. The molecule has 0 radical (unpaired) electrons. The smallest absolute Gasteiger partial charge is 0.127 e. The van der Waals surface area contributed by atoms with Crippen molar-refractivity contribution in [2.45, 2.75) is 23.9 Å². The highest BCUT2D eigenvalue weighted by Gasteiger charge is 2.20. The Kier molecular flexibility index (Phi) is 4.38. The molecule has 21 heavy (non-hydrogen) atoms. The number of phenols is 1. The van der Waals surface area contributed by atoms with Crippen LogP contribution in [-0.4, -0.2) is 10.9 Å². The third-order valence-electron chi connectivity index (χ3n) is 3.51. The molecule has 1 aliphatic heterocycles. The van der Waals surface area contributed by atoms with Gasteiger partial charge in [0.2, 0.25) is 0 Å². The molecule has 0 aromatic heterocycles. The second-order valence-corrected chi connectivity index (χ2v) is 6.64. The van der Waals surface area contributed by atoms with E-state index in [9.17, 15) is 9.50 Å². The number of hydrogen-bond acceptors (Lipinski definition) is 3. The van der Waals surface area contributed by atoms with E-state index in [0.717, 1.165) is 28.8 Å². The molecular formula is C16H15ClFNOS. The molecule has 0 saturated heterocycles. The molecule has 0 saturated carbocycles. The zero-order chi connectivity index (χ0) is 14.8. The number of fused-ring (bicyclic) bond motifs is 1. The van der Waals surface area contributed by atoms with Gasteiger partial charge in [-0.2, -0.15) is 0 Å². The van der Waals surface area contributed by atoms with E-state index in [1.165, 1.54) is 16.5 Å². The van der Waals surface area contributed by atoms with Crippen molar-refractivity contribution >= 4 is 23.4 Å². The maximum atomic E-state index is 13.3. The number of thioether (sulfide) groups is 1. The Hall–Kier alpha value is -1.23. The van der Waals surface area contributed by atoms with Gasteiger partial charge in [0.1, 0.15) is 11.6 Å². The Bertz CT molecular complexity index is 644. The second kappa shape index (κ2) is 6.26.